The number of anilines is 1. The van der Waals surface area contributed by atoms with Crippen molar-refractivity contribution in [3.05, 3.63) is 12.4 Å². The first-order valence-electron chi connectivity index (χ1n) is 9.40. The van der Waals surface area contributed by atoms with Crippen LogP contribution in [0.4, 0.5) is 5.69 Å². The van der Waals surface area contributed by atoms with Gasteiger partial charge >= 0.3 is 0 Å². The summed E-state index contributed by atoms with van der Waals surface area (Å²) >= 11 is 0. The Kier molecular flexibility index (Phi) is 4.42. The lowest BCUT2D eigenvalue weighted by Gasteiger charge is -2.34. The zero-order valence-electron chi connectivity index (χ0n) is 15.1. The van der Waals surface area contributed by atoms with Crippen molar-refractivity contribution < 1.29 is 14.4 Å². The van der Waals surface area contributed by atoms with Gasteiger partial charge in [0.1, 0.15) is 6.54 Å². The lowest BCUT2D eigenvalue weighted by Crippen LogP contribution is -2.54. The zero-order valence-corrected chi connectivity index (χ0v) is 15.1. The number of carbonyl (C=O) groups is 3. The number of hydrogen-bond donors (Lipinski definition) is 0. The highest BCUT2D eigenvalue weighted by molar-refractivity contribution is 5.99. The molecule has 26 heavy (non-hydrogen) atoms. The molecule has 3 heterocycles. The predicted molar refractivity (Wildman–Crippen MR) is 94.2 cm³/mol. The average molecular weight is 359 g/mol. The zero-order chi connectivity index (χ0) is 18.3. The van der Waals surface area contributed by atoms with Gasteiger partial charge in [-0.3, -0.25) is 19.1 Å². The van der Waals surface area contributed by atoms with E-state index < -0.39 is 0 Å². The van der Waals surface area contributed by atoms with Crippen LogP contribution < -0.4 is 4.90 Å². The summed E-state index contributed by atoms with van der Waals surface area (Å²) in [6.45, 7) is 1.54. The lowest BCUT2D eigenvalue weighted by atomic mass is 10.1. The maximum atomic E-state index is 12.9. The van der Waals surface area contributed by atoms with Crippen molar-refractivity contribution in [1.82, 2.24) is 19.6 Å². The largest absolute Gasteiger partial charge is 0.339 e. The van der Waals surface area contributed by atoms with Crippen molar-refractivity contribution in [3.63, 3.8) is 0 Å². The number of likely N-dealkylation sites (tertiary alicyclic amines) is 1. The van der Waals surface area contributed by atoms with Crippen LogP contribution in [0.5, 0.6) is 0 Å². The molecule has 1 aromatic heterocycles. The molecule has 3 fully saturated rings. The Labute approximate surface area is 152 Å². The molecule has 0 bridgehead atoms. The van der Waals surface area contributed by atoms with Crippen molar-refractivity contribution in [2.75, 3.05) is 31.1 Å². The molecule has 8 nitrogen and oxygen atoms in total. The Bertz CT molecular complexity index is 724. The molecule has 0 N–H and O–H groups in total. The molecule has 1 aromatic rings. The van der Waals surface area contributed by atoms with E-state index in [4.69, 9.17) is 0 Å². The summed E-state index contributed by atoms with van der Waals surface area (Å²) < 4.78 is 1.65. The molecule has 1 aliphatic carbocycles. The summed E-state index contributed by atoms with van der Waals surface area (Å²) in [4.78, 5) is 42.9. The van der Waals surface area contributed by atoms with E-state index >= 15 is 0 Å². The molecule has 3 aliphatic rings. The first-order chi connectivity index (χ1) is 12.5. The van der Waals surface area contributed by atoms with Crippen LogP contribution in [0.15, 0.2) is 12.4 Å². The van der Waals surface area contributed by atoms with Crippen LogP contribution in [-0.4, -0.2) is 69.5 Å². The Morgan fingerprint density at radius 2 is 1.92 bits per heavy atom. The van der Waals surface area contributed by atoms with Crippen LogP contribution in [-0.2, 0) is 21.4 Å². The first-order valence-corrected chi connectivity index (χ1v) is 9.40. The van der Waals surface area contributed by atoms with Gasteiger partial charge in [-0.25, -0.2) is 0 Å². The monoisotopic (exact) mass is 359 g/mol. The number of amides is 3. The summed E-state index contributed by atoms with van der Waals surface area (Å²) in [6.07, 6.45) is 8.17. The van der Waals surface area contributed by atoms with Crippen LogP contribution >= 0.6 is 0 Å². The number of piperazine rings is 1. The number of aryl methyl sites for hydroxylation is 1. The molecule has 3 amide bonds. The second-order valence-electron chi connectivity index (χ2n) is 7.56. The van der Waals surface area contributed by atoms with Crippen LogP contribution in [0.2, 0.25) is 0 Å². The number of rotatable bonds is 3. The van der Waals surface area contributed by atoms with Crippen LogP contribution in [0.25, 0.3) is 0 Å². The van der Waals surface area contributed by atoms with Gasteiger partial charge in [0.25, 0.3) is 0 Å². The SMILES string of the molecule is Cn1cc(N2CCN(C(=O)C3CC(=O)N(C4CCCC4)C3)CC2=O)cn1. The second kappa shape index (κ2) is 6.74. The number of nitrogens with zero attached hydrogens (tertiary/aromatic N) is 5. The minimum Gasteiger partial charge on any atom is -0.339 e. The normalized spacial score (nSPS) is 24.8. The van der Waals surface area contributed by atoms with Crippen molar-refractivity contribution in [1.29, 1.82) is 0 Å². The standard InChI is InChI=1S/C18H25N5O3/c1-20-11-15(9-19-20)22-7-6-21(12-17(22)25)18(26)13-8-16(24)23(10-13)14-4-2-3-5-14/h9,11,13-14H,2-8,10,12H2,1H3. The number of aromatic nitrogens is 2. The summed E-state index contributed by atoms with van der Waals surface area (Å²) in [6, 6.07) is 0.310. The van der Waals surface area contributed by atoms with Gasteiger partial charge in [0.05, 0.1) is 17.8 Å². The second-order valence-corrected chi connectivity index (χ2v) is 7.56. The third-order valence-corrected chi connectivity index (χ3v) is 5.81. The molecule has 2 saturated heterocycles. The Hall–Kier alpha value is -2.38. The molecule has 0 radical (unpaired) electrons. The number of carbonyl (C=O) groups excluding carboxylic acids is 3. The van der Waals surface area contributed by atoms with E-state index in [2.05, 4.69) is 5.10 Å². The lowest BCUT2D eigenvalue weighted by molar-refractivity contribution is -0.140. The van der Waals surface area contributed by atoms with E-state index in [0.717, 1.165) is 31.4 Å². The van der Waals surface area contributed by atoms with E-state index in [0.29, 0.717) is 25.7 Å². The van der Waals surface area contributed by atoms with Gasteiger partial charge in [-0.2, -0.15) is 5.10 Å². The minimum absolute atomic E-state index is 0.0574. The minimum atomic E-state index is -0.305. The van der Waals surface area contributed by atoms with Crippen LogP contribution in [0.1, 0.15) is 32.1 Å². The van der Waals surface area contributed by atoms with E-state index in [1.54, 1.807) is 33.9 Å². The van der Waals surface area contributed by atoms with Gasteiger partial charge < -0.3 is 14.7 Å². The van der Waals surface area contributed by atoms with E-state index in [1.807, 2.05) is 4.90 Å². The Morgan fingerprint density at radius 1 is 1.15 bits per heavy atom. The third kappa shape index (κ3) is 3.08. The molecule has 1 unspecified atom stereocenters. The van der Waals surface area contributed by atoms with E-state index in [9.17, 15) is 14.4 Å². The van der Waals surface area contributed by atoms with E-state index in [-0.39, 0.29) is 36.6 Å². The van der Waals surface area contributed by atoms with Gasteiger partial charge in [0.15, 0.2) is 0 Å². The molecule has 1 atom stereocenters. The van der Waals surface area contributed by atoms with Gasteiger partial charge in [0.2, 0.25) is 17.7 Å². The molecule has 2 aliphatic heterocycles. The third-order valence-electron chi connectivity index (χ3n) is 5.81. The fraction of sp³-hybridized carbons (Fsp3) is 0.667. The molecule has 1 saturated carbocycles. The highest BCUT2D eigenvalue weighted by Gasteiger charge is 2.41. The van der Waals surface area contributed by atoms with Gasteiger partial charge in [0, 0.05) is 45.3 Å². The van der Waals surface area contributed by atoms with Crippen molar-refractivity contribution in [2.24, 2.45) is 13.0 Å². The number of hydrogen-bond acceptors (Lipinski definition) is 4. The van der Waals surface area contributed by atoms with Crippen molar-refractivity contribution in [3.8, 4) is 0 Å². The molecule has 0 spiro atoms. The summed E-state index contributed by atoms with van der Waals surface area (Å²) in [5.41, 5.74) is 0.757. The van der Waals surface area contributed by atoms with E-state index in [1.165, 1.54) is 0 Å². The Morgan fingerprint density at radius 3 is 2.58 bits per heavy atom. The van der Waals surface area contributed by atoms with Crippen molar-refractivity contribution >= 4 is 23.4 Å². The predicted octanol–water partition coefficient (Wildman–Crippen LogP) is 0.386. The van der Waals surface area contributed by atoms with Gasteiger partial charge in [-0.1, -0.05) is 12.8 Å². The topological polar surface area (TPSA) is 78.8 Å². The Balaban J connectivity index is 1.37. The van der Waals surface area contributed by atoms with Gasteiger partial charge in [-0.05, 0) is 12.8 Å². The molecular weight excluding hydrogens is 334 g/mol. The molecule has 8 heteroatoms. The average Bonchev–Trinajstić information content (AvgIpc) is 3.35. The molecule has 0 aromatic carbocycles. The summed E-state index contributed by atoms with van der Waals surface area (Å²) in [7, 11) is 1.81. The quantitative estimate of drug-likeness (QED) is 0.782. The maximum Gasteiger partial charge on any atom is 0.246 e. The molecule has 140 valence electrons. The highest BCUT2D eigenvalue weighted by atomic mass is 16.2. The summed E-state index contributed by atoms with van der Waals surface area (Å²) in [5.74, 6) is -0.371. The van der Waals surface area contributed by atoms with Crippen LogP contribution in [0, 0.1) is 5.92 Å². The highest BCUT2D eigenvalue weighted by Crippen LogP contribution is 2.30. The molecular formula is C18H25N5O3. The fourth-order valence-corrected chi connectivity index (χ4v) is 4.41. The first kappa shape index (κ1) is 17.1. The van der Waals surface area contributed by atoms with Crippen molar-refractivity contribution in [2.45, 2.75) is 38.1 Å². The fourth-order valence-electron chi connectivity index (χ4n) is 4.41. The van der Waals surface area contributed by atoms with Gasteiger partial charge in [-0.15, -0.1) is 0 Å². The van der Waals surface area contributed by atoms with Crippen LogP contribution in [0.3, 0.4) is 0 Å². The summed E-state index contributed by atoms with van der Waals surface area (Å²) in [5, 5.41) is 4.10. The molecule has 4 rings (SSSR count). The smallest absolute Gasteiger partial charge is 0.246 e. The maximum absolute atomic E-state index is 12.9.